The fourth-order valence-corrected chi connectivity index (χ4v) is 2.95. The molecule has 2 atom stereocenters. The molecular formula is C21H19ClFN3O3. The van der Waals surface area contributed by atoms with Gasteiger partial charge in [-0.1, -0.05) is 29.8 Å². The summed E-state index contributed by atoms with van der Waals surface area (Å²) >= 11 is 6.03. The van der Waals surface area contributed by atoms with Gasteiger partial charge in [0.05, 0.1) is 16.6 Å². The van der Waals surface area contributed by atoms with Gasteiger partial charge in [0.15, 0.2) is 0 Å². The third-order valence-electron chi connectivity index (χ3n) is 4.30. The van der Waals surface area contributed by atoms with E-state index in [0.29, 0.717) is 10.6 Å². The Morgan fingerprint density at radius 2 is 1.97 bits per heavy atom. The molecule has 3 rings (SSSR count). The number of rotatable bonds is 6. The SMILES string of the molecule is C[C@H](NC(=O)C1=CC(Cl)=CNC1Oc1cccc(F)c1)c1ccc(C(N)=O)cc1. The maximum Gasteiger partial charge on any atom is 0.253 e. The fourth-order valence-electron chi connectivity index (χ4n) is 2.77. The van der Waals surface area contributed by atoms with Crippen LogP contribution in [-0.2, 0) is 4.79 Å². The summed E-state index contributed by atoms with van der Waals surface area (Å²) in [5.41, 5.74) is 6.65. The lowest BCUT2D eigenvalue weighted by molar-refractivity contribution is -0.119. The van der Waals surface area contributed by atoms with Crippen molar-refractivity contribution >= 4 is 23.4 Å². The largest absolute Gasteiger partial charge is 0.466 e. The molecule has 0 spiro atoms. The van der Waals surface area contributed by atoms with Crippen molar-refractivity contribution in [3.8, 4) is 5.75 Å². The highest BCUT2D eigenvalue weighted by molar-refractivity contribution is 6.31. The van der Waals surface area contributed by atoms with E-state index in [-0.39, 0.29) is 17.4 Å². The van der Waals surface area contributed by atoms with E-state index in [1.54, 1.807) is 37.3 Å². The summed E-state index contributed by atoms with van der Waals surface area (Å²) in [6.45, 7) is 1.80. The monoisotopic (exact) mass is 415 g/mol. The quantitative estimate of drug-likeness (QED) is 0.675. The van der Waals surface area contributed by atoms with Crippen LogP contribution in [0, 0.1) is 5.82 Å². The Kier molecular flexibility index (Phi) is 6.19. The van der Waals surface area contributed by atoms with E-state index < -0.39 is 23.9 Å². The van der Waals surface area contributed by atoms with Gasteiger partial charge < -0.3 is 21.1 Å². The van der Waals surface area contributed by atoms with Crippen LogP contribution in [-0.4, -0.2) is 18.0 Å². The minimum atomic E-state index is -0.844. The maximum absolute atomic E-state index is 13.4. The van der Waals surface area contributed by atoms with Gasteiger partial charge in [0.25, 0.3) is 5.91 Å². The summed E-state index contributed by atoms with van der Waals surface area (Å²) in [6.07, 6.45) is 2.14. The zero-order chi connectivity index (χ0) is 21.0. The van der Waals surface area contributed by atoms with Crippen LogP contribution in [0.5, 0.6) is 5.75 Å². The number of ether oxygens (including phenoxy) is 1. The molecule has 4 N–H and O–H groups in total. The molecule has 0 aromatic heterocycles. The Bertz CT molecular complexity index is 989. The molecule has 0 fully saturated rings. The van der Waals surface area contributed by atoms with Crippen LogP contribution in [0.1, 0.15) is 28.9 Å². The van der Waals surface area contributed by atoms with Gasteiger partial charge in [-0.05, 0) is 42.8 Å². The van der Waals surface area contributed by atoms with Gasteiger partial charge in [-0.15, -0.1) is 0 Å². The van der Waals surface area contributed by atoms with Crippen LogP contribution >= 0.6 is 11.6 Å². The van der Waals surface area contributed by atoms with Crippen molar-refractivity contribution in [2.75, 3.05) is 0 Å². The lowest BCUT2D eigenvalue weighted by Gasteiger charge is -2.26. The molecule has 2 amide bonds. The van der Waals surface area contributed by atoms with E-state index >= 15 is 0 Å². The molecule has 6 nitrogen and oxygen atoms in total. The van der Waals surface area contributed by atoms with E-state index in [0.717, 1.165) is 5.56 Å². The molecule has 0 saturated carbocycles. The standard InChI is InChI=1S/C21H19ClFN3O3/c1-12(13-5-7-14(8-6-13)19(24)27)26-20(28)18-9-15(22)11-25-21(18)29-17-4-2-3-16(23)10-17/h2-12,21,25H,1H3,(H2,24,27)(H,26,28)/t12-,21?/m0/s1. The number of allylic oxidation sites excluding steroid dienone is 2. The number of halogens is 2. The smallest absolute Gasteiger partial charge is 0.253 e. The minimum absolute atomic E-state index is 0.238. The second-order valence-corrected chi connectivity index (χ2v) is 6.87. The molecular weight excluding hydrogens is 397 g/mol. The van der Waals surface area contributed by atoms with Crippen molar-refractivity contribution in [3.63, 3.8) is 0 Å². The summed E-state index contributed by atoms with van der Waals surface area (Å²) in [7, 11) is 0. The van der Waals surface area contributed by atoms with Gasteiger partial charge in [-0.2, -0.15) is 0 Å². The fraction of sp³-hybridized carbons (Fsp3) is 0.143. The number of amides is 2. The number of primary amides is 1. The number of hydrogen-bond donors (Lipinski definition) is 3. The van der Waals surface area contributed by atoms with E-state index in [1.165, 1.54) is 30.5 Å². The Morgan fingerprint density at radius 1 is 1.24 bits per heavy atom. The van der Waals surface area contributed by atoms with Crippen molar-refractivity contribution in [3.05, 3.63) is 88.4 Å². The molecule has 0 bridgehead atoms. The molecule has 1 aliphatic rings. The summed E-state index contributed by atoms with van der Waals surface area (Å²) in [5.74, 6) is -1.11. The van der Waals surface area contributed by atoms with Gasteiger partial charge in [0.1, 0.15) is 11.6 Å². The number of hydrogen-bond acceptors (Lipinski definition) is 4. The number of dihydropyridines is 1. The summed E-state index contributed by atoms with van der Waals surface area (Å²) < 4.78 is 19.1. The molecule has 150 valence electrons. The number of carbonyl (C=O) groups excluding carboxylic acids is 2. The second-order valence-electron chi connectivity index (χ2n) is 6.43. The number of benzene rings is 2. The van der Waals surface area contributed by atoms with Crippen LogP contribution < -0.4 is 21.1 Å². The Balaban J connectivity index is 1.73. The highest BCUT2D eigenvalue weighted by atomic mass is 35.5. The lowest BCUT2D eigenvalue weighted by Crippen LogP contribution is -2.42. The van der Waals surface area contributed by atoms with E-state index in [4.69, 9.17) is 22.1 Å². The summed E-state index contributed by atoms with van der Waals surface area (Å²) in [6, 6.07) is 11.9. The van der Waals surface area contributed by atoms with E-state index in [2.05, 4.69) is 10.6 Å². The number of carbonyl (C=O) groups is 2. The molecule has 2 aromatic carbocycles. The predicted molar refractivity (Wildman–Crippen MR) is 107 cm³/mol. The zero-order valence-corrected chi connectivity index (χ0v) is 16.2. The van der Waals surface area contributed by atoms with Crippen molar-refractivity contribution in [1.82, 2.24) is 10.6 Å². The third kappa shape index (κ3) is 5.14. The minimum Gasteiger partial charge on any atom is -0.466 e. The molecule has 2 aromatic rings. The van der Waals surface area contributed by atoms with Crippen LogP contribution in [0.3, 0.4) is 0 Å². The molecule has 1 unspecified atom stereocenters. The molecule has 1 aliphatic heterocycles. The third-order valence-corrected chi connectivity index (χ3v) is 4.52. The second kappa shape index (κ2) is 8.79. The zero-order valence-electron chi connectivity index (χ0n) is 15.5. The first kappa shape index (κ1) is 20.4. The number of nitrogens with one attached hydrogen (secondary N) is 2. The van der Waals surface area contributed by atoms with Crippen LogP contribution in [0.15, 0.2) is 71.4 Å². The first-order valence-electron chi connectivity index (χ1n) is 8.79. The van der Waals surface area contributed by atoms with Crippen molar-refractivity contribution in [2.24, 2.45) is 5.73 Å². The topological polar surface area (TPSA) is 93.4 Å². The predicted octanol–water partition coefficient (Wildman–Crippen LogP) is 3.12. The highest BCUT2D eigenvalue weighted by Gasteiger charge is 2.26. The van der Waals surface area contributed by atoms with Crippen LogP contribution in [0.25, 0.3) is 0 Å². The molecule has 8 heteroatoms. The van der Waals surface area contributed by atoms with Gasteiger partial charge in [0.2, 0.25) is 12.1 Å². The van der Waals surface area contributed by atoms with E-state index in [9.17, 15) is 14.0 Å². The normalized spacial score (nSPS) is 16.7. The Labute approximate surface area is 172 Å². The maximum atomic E-state index is 13.4. The average molecular weight is 416 g/mol. The average Bonchev–Trinajstić information content (AvgIpc) is 2.69. The first-order valence-corrected chi connectivity index (χ1v) is 9.17. The Hall–Kier alpha value is -3.32. The molecule has 1 heterocycles. The molecule has 29 heavy (non-hydrogen) atoms. The lowest BCUT2D eigenvalue weighted by atomic mass is 10.0. The van der Waals surface area contributed by atoms with Gasteiger partial charge in [-0.25, -0.2) is 4.39 Å². The highest BCUT2D eigenvalue weighted by Crippen LogP contribution is 2.22. The van der Waals surface area contributed by atoms with Crippen LogP contribution in [0.2, 0.25) is 0 Å². The first-order chi connectivity index (χ1) is 13.8. The summed E-state index contributed by atoms with van der Waals surface area (Å²) in [4.78, 5) is 24.0. The number of nitrogens with two attached hydrogens (primary N) is 1. The van der Waals surface area contributed by atoms with Crippen molar-refractivity contribution < 1.29 is 18.7 Å². The Morgan fingerprint density at radius 3 is 2.62 bits per heavy atom. The van der Waals surface area contributed by atoms with E-state index in [1.807, 2.05) is 0 Å². The summed E-state index contributed by atoms with van der Waals surface area (Å²) in [5, 5.41) is 6.07. The molecule has 0 radical (unpaired) electrons. The van der Waals surface area contributed by atoms with Gasteiger partial charge in [0, 0.05) is 17.8 Å². The molecule has 0 aliphatic carbocycles. The molecule has 0 saturated heterocycles. The van der Waals surface area contributed by atoms with Crippen molar-refractivity contribution in [1.29, 1.82) is 0 Å². The van der Waals surface area contributed by atoms with Gasteiger partial charge in [-0.3, -0.25) is 9.59 Å². The van der Waals surface area contributed by atoms with Crippen molar-refractivity contribution in [2.45, 2.75) is 19.2 Å². The van der Waals surface area contributed by atoms with Gasteiger partial charge >= 0.3 is 0 Å². The van der Waals surface area contributed by atoms with Crippen LogP contribution in [0.4, 0.5) is 4.39 Å².